The van der Waals surface area contributed by atoms with Crippen molar-refractivity contribution in [3.63, 3.8) is 0 Å². The average molecular weight is 266 g/mol. The van der Waals surface area contributed by atoms with Gasteiger partial charge in [-0.1, -0.05) is 50.5 Å². The summed E-state index contributed by atoms with van der Waals surface area (Å²) in [5.74, 6) is 2.54. The molecule has 1 aromatic carbocycles. The van der Waals surface area contributed by atoms with Crippen molar-refractivity contribution in [2.75, 3.05) is 18.1 Å². The van der Waals surface area contributed by atoms with Gasteiger partial charge in [0, 0.05) is 6.61 Å². The van der Waals surface area contributed by atoms with Crippen LogP contribution in [-0.4, -0.2) is 23.2 Å². The van der Waals surface area contributed by atoms with Crippen molar-refractivity contribution in [2.45, 2.75) is 45.4 Å². The van der Waals surface area contributed by atoms with E-state index < -0.39 is 0 Å². The van der Waals surface area contributed by atoms with Gasteiger partial charge < -0.3 is 5.11 Å². The van der Waals surface area contributed by atoms with Crippen LogP contribution < -0.4 is 0 Å². The Morgan fingerprint density at radius 3 is 2.17 bits per heavy atom. The number of aryl methyl sites for hydroxylation is 1. The van der Waals surface area contributed by atoms with Crippen molar-refractivity contribution in [3.8, 4) is 0 Å². The third-order valence-corrected chi connectivity index (χ3v) is 4.17. The smallest absolute Gasteiger partial charge is 0.0471 e. The molecule has 0 bridgehead atoms. The molecule has 0 radical (unpaired) electrons. The van der Waals surface area contributed by atoms with Crippen molar-refractivity contribution in [2.24, 2.45) is 0 Å². The second kappa shape index (κ2) is 10.5. The molecule has 0 saturated carbocycles. The van der Waals surface area contributed by atoms with Crippen LogP contribution >= 0.6 is 11.8 Å². The fourth-order valence-corrected chi connectivity index (χ4v) is 2.92. The van der Waals surface area contributed by atoms with Gasteiger partial charge in [-0.25, -0.2) is 0 Å². The number of unbranched alkanes of at least 4 members (excludes halogenated alkanes) is 3. The van der Waals surface area contributed by atoms with Crippen LogP contribution in [0.15, 0.2) is 24.3 Å². The largest absolute Gasteiger partial charge is 0.396 e. The molecule has 0 saturated heterocycles. The Kier molecular flexibility index (Phi) is 9.05. The summed E-state index contributed by atoms with van der Waals surface area (Å²) in [5.41, 5.74) is 2.64. The van der Waals surface area contributed by atoms with Crippen LogP contribution in [0.4, 0.5) is 0 Å². The molecule has 0 heterocycles. The highest BCUT2D eigenvalue weighted by molar-refractivity contribution is 7.99. The molecule has 18 heavy (non-hydrogen) atoms. The van der Waals surface area contributed by atoms with Crippen LogP contribution in [0, 0.1) is 0 Å². The van der Waals surface area contributed by atoms with E-state index in [2.05, 4.69) is 43.0 Å². The quantitative estimate of drug-likeness (QED) is 0.644. The van der Waals surface area contributed by atoms with Crippen molar-refractivity contribution >= 4 is 11.8 Å². The highest BCUT2D eigenvalue weighted by Crippen LogP contribution is 2.11. The molecule has 1 rings (SSSR count). The van der Waals surface area contributed by atoms with Crippen molar-refractivity contribution in [1.82, 2.24) is 0 Å². The van der Waals surface area contributed by atoms with Gasteiger partial charge in [-0.3, -0.25) is 0 Å². The molecule has 0 unspecified atom stereocenters. The summed E-state index contributed by atoms with van der Waals surface area (Å²) in [5, 5.41) is 8.85. The van der Waals surface area contributed by atoms with Crippen LogP contribution in [0.1, 0.15) is 43.7 Å². The molecule has 0 spiro atoms. The minimum atomic E-state index is 0.243. The van der Waals surface area contributed by atoms with Gasteiger partial charge in [0.25, 0.3) is 0 Å². The second-order valence-corrected chi connectivity index (χ2v) is 5.94. The van der Waals surface area contributed by atoms with Crippen molar-refractivity contribution < 1.29 is 5.11 Å². The molecular formula is C16H26OS. The number of aliphatic hydroxyl groups is 1. The summed E-state index contributed by atoms with van der Waals surface area (Å²) in [6, 6.07) is 8.67. The van der Waals surface area contributed by atoms with Crippen molar-refractivity contribution in [1.29, 1.82) is 0 Å². The summed E-state index contributed by atoms with van der Waals surface area (Å²) in [7, 11) is 0. The fraction of sp³-hybridized carbons (Fsp3) is 0.625. The Morgan fingerprint density at radius 2 is 1.56 bits per heavy atom. The van der Waals surface area contributed by atoms with Crippen molar-refractivity contribution in [3.05, 3.63) is 35.4 Å². The summed E-state index contributed by atoms with van der Waals surface area (Å²) >= 11 is 2.07. The molecule has 0 amide bonds. The van der Waals surface area contributed by atoms with E-state index in [4.69, 9.17) is 5.11 Å². The molecule has 0 aliphatic heterocycles. The van der Waals surface area contributed by atoms with Gasteiger partial charge in [0.15, 0.2) is 0 Å². The first kappa shape index (κ1) is 15.6. The van der Waals surface area contributed by atoms with Gasteiger partial charge in [0.1, 0.15) is 0 Å². The van der Waals surface area contributed by atoms with Gasteiger partial charge >= 0.3 is 0 Å². The molecule has 0 aliphatic rings. The maximum absolute atomic E-state index is 8.85. The van der Waals surface area contributed by atoms with E-state index in [-0.39, 0.29) is 6.61 Å². The average Bonchev–Trinajstić information content (AvgIpc) is 2.40. The zero-order valence-corrected chi connectivity index (χ0v) is 12.3. The van der Waals surface area contributed by atoms with Crippen LogP contribution in [0.5, 0.6) is 0 Å². The lowest BCUT2D eigenvalue weighted by Gasteiger charge is -2.04. The number of thioether (sulfide) groups is 1. The fourth-order valence-electron chi connectivity index (χ4n) is 1.92. The number of hydrogen-bond donors (Lipinski definition) is 1. The van der Waals surface area contributed by atoms with Gasteiger partial charge in [0.05, 0.1) is 0 Å². The molecule has 0 fully saturated rings. The van der Waals surface area contributed by atoms with E-state index in [1.165, 1.54) is 48.3 Å². The lowest BCUT2D eigenvalue weighted by molar-refractivity contribution is 0.299. The SMILES string of the molecule is CCCCCCSCCc1ccc(CCO)cc1. The Labute approximate surface area is 116 Å². The standard InChI is InChI=1S/C16H26OS/c1-2-3-4-5-13-18-14-11-16-8-6-15(7-9-16)10-12-17/h6-9,17H,2-5,10-14H2,1H3. The summed E-state index contributed by atoms with van der Waals surface area (Å²) in [4.78, 5) is 0. The molecule has 102 valence electrons. The lowest BCUT2D eigenvalue weighted by atomic mass is 10.1. The van der Waals surface area contributed by atoms with Gasteiger partial charge in [-0.2, -0.15) is 11.8 Å². The van der Waals surface area contributed by atoms with Gasteiger partial charge in [0.2, 0.25) is 0 Å². The Hall–Kier alpha value is -0.470. The third kappa shape index (κ3) is 7.07. The number of rotatable bonds is 10. The first-order valence-corrected chi connectivity index (χ1v) is 8.28. The Bertz CT molecular complexity index is 294. The summed E-state index contributed by atoms with van der Waals surface area (Å²) in [6.45, 7) is 2.50. The molecule has 0 atom stereocenters. The topological polar surface area (TPSA) is 20.2 Å². The molecule has 2 heteroatoms. The summed E-state index contributed by atoms with van der Waals surface area (Å²) < 4.78 is 0. The Balaban J connectivity index is 2.08. The molecule has 1 nitrogen and oxygen atoms in total. The first-order valence-electron chi connectivity index (χ1n) is 7.13. The molecule has 0 aromatic heterocycles. The predicted octanol–water partition coefficient (Wildman–Crippen LogP) is 4.08. The van der Waals surface area contributed by atoms with E-state index in [1.807, 2.05) is 0 Å². The third-order valence-electron chi connectivity index (χ3n) is 3.10. The number of hydrogen-bond acceptors (Lipinski definition) is 2. The lowest BCUT2D eigenvalue weighted by Crippen LogP contribution is -1.93. The second-order valence-electron chi connectivity index (χ2n) is 4.71. The minimum Gasteiger partial charge on any atom is -0.396 e. The van der Waals surface area contributed by atoms with E-state index in [1.54, 1.807) is 0 Å². The van der Waals surface area contributed by atoms with Crippen LogP contribution in [0.25, 0.3) is 0 Å². The van der Waals surface area contributed by atoms with Crippen LogP contribution in [-0.2, 0) is 12.8 Å². The predicted molar refractivity (Wildman–Crippen MR) is 82.4 cm³/mol. The number of benzene rings is 1. The van der Waals surface area contributed by atoms with E-state index in [0.717, 1.165) is 12.8 Å². The molecule has 1 N–H and O–H groups in total. The summed E-state index contributed by atoms with van der Waals surface area (Å²) in [6.07, 6.45) is 7.40. The minimum absolute atomic E-state index is 0.243. The molecule has 1 aromatic rings. The van der Waals surface area contributed by atoms with E-state index in [9.17, 15) is 0 Å². The Morgan fingerprint density at radius 1 is 0.889 bits per heavy atom. The highest BCUT2D eigenvalue weighted by atomic mass is 32.2. The normalized spacial score (nSPS) is 10.8. The number of aliphatic hydroxyl groups excluding tert-OH is 1. The monoisotopic (exact) mass is 266 g/mol. The molecule has 0 aliphatic carbocycles. The maximum atomic E-state index is 8.85. The first-order chi connectivity index (χ1) is 8.86. The maximum Gasteiger partial charge on any atom is 0.0471 e. The van der Waals surface area contributed by atoms with Crippen LogP contribution in [0.3, 0.4) is 0 Å². The zero-order chi connectivity index (χ0) is 13.1. The van der Waals surface area contributed by atoms with E-state index in [0.29, 0.717) is 0 Å². The zero-order valence-electron chi connectivity index (χ0n) is 11.5. The van der Waals surface area contributed by atoms with Crippen LogP contribution in [0.2, 0.25) is 0 Å². The van der Waals surface area contributed by atoms with Gasteiger partial charge in [-0.15, -0.1) is 0 Å². The highest BCUT2D eigenvalue weighted by Gasteiger charge is 1.96. The molecular weight excluding hydrogens is 240 g/mol. The van der Waals surface area contributed by atoms with E-state index >= 15 is 0 Å². The van der Waals surface area contributed by atoms with Gasteiger partial charge in [-0.05, 0) is 41.9 Å².